The van der Waals surface area contributed by atoms with Crippen LogP contribution in [0, 0.1) is 17.8 Å². The van der Waals surface area contributed by atoms with E-state index >= 15 is 0 Å². The molecule has 1 N–H and O–H groups in total. The van der Waals surface area contributed by atoms with Gasteiger partial charge in [0.1, 0.15) is 0 Å². The number of hydrogen-bond acceptors (Lipinski definition) is 3. The average molecular weight is 265 g/mol. The van der Waals surface area contributed by atoms with Crippen LogP contribution in [-0.2, 0) is 6.54 Å². The van der Waals surface area contributed by atoms with E-state index in [-0.39, 0.29) is 6.61 Å². The monoisotopic (exact) mass is 265 g/mol. The molecule has 1 heterocycles. The molecule has 0 spiro atoms. The fraction of sp³-hybridized carbons (Fsp3) is 0.600. The van der Waals surface area contributed by atoms with Crippen LogP contribution in [0.5, 0.6) is 0 Å². The van der Waals surface area contributed by atoms with Crippen LogP contribution in [-0.4, -0.2) is 30.2 Å². The SMILES string of the molecule is CC(C)CCN(C)Cc1sccc1C#CCCO. The lowest BCUT2D eigenvalue weighted by Crippen LogP contribution is -2.20. The van der Waals surface area contributed by atoms with E-state index in [2.05, 4.69) is 49.1 Å². The summed E-state index contributed by atoms with van der Waals surface area (Å²) < 4.78 is 0. The van der Waals surface area contributed by atoms with Crippen molar-refractivity contribution in [2.75, 3.05) is 20.2 Å². The van der Waals surface area contributed by atoms with Crippen LogP contribution in [0.25, 0.3) is 0 Å². The number of hydrogen-bond donors (Lipinski definition) is 1. The highest BCUT2D eigenvalue weighted by molar-refractivity contribution is 7.10. The van der Waals surface area contributed by atoms with E-state index in [1.165, 1.54) is 11.3 Å². The van der Waals surface area contributed by atoms with Crippen molar-refractivity contribution in [2.24, 2.45) is 5.92 Å². The molecule has 0 aromatic carbocycles. The average Bonchev–Trinajstić information content (AvgIpc) is 2.74. The molecule has 0 saturated heterocycles. The number of aliphatic hydroxyl groups excluding tert-OH is 1. The molecule has 0 amide bonds. The second-order valence-electron chi connectivity index (χ2n) is 4.95. The van der Waals surface area contributed by atoms with E-state index in [1.807, 2.05) is 0 Å². The molecule has 18 heavy (non-hydrogen) atoms. The molecule has 0 fully saturated rings. The van der Waals surface area contributed by atoms with Gasteiger partial charge in [-0.2, -0.15) is 0 Å². The van der Waals surface area contributed by atoms with Crippen LogP contribution in [0.4, 0.5) is 0 Å². The lowest BCUT2D eigenvalue weighted by Gasteiger charge is -2.17. The molecule has 0 saturated carbocycles. The van der Waals surface area contributed by atoms with Gasteiger partial charge in [-0.1, -0.05) is 25.7 Å². The quantitative estimate of drug-likeness (QED) is 0.799. The van der Waals surface area contributed by atoms with E-state index in [0.29, 0.717) is 6.42 Å². The lowest BCUT2D eigenvalue weighted by atomic mass is 10.1. The van der Waals surface area contributed by atoms with Crippen LogP contribution >= 0.6 is 11.3 Å². The highest BCUT2D eigenvalue weighted by Crippen LogP contribution is 2.18. The highest BCUT2D eigenvalue weighted by atomic mass is 32.1. The Labute approximate surface area is 115 Å². The number of nitrogens with zero attached hydrogens (tertiary/aromatic N) is 1. The Morgan fingerprint density at radius 1 is 1.44 bits per heavy atom. The van der Waals surface area contributed by atoms with Gasteiger partial charge in [0.15, 0.2) is 0 Å². The molecule has 100 valence electrons. The maximum absolute atomic E-state index is 8.72. The minimum Gasteiger partial charge on any atom is -0.395 e. The van der Waals surface area contributed by atoms with Gasteiger partial charge in [0.05, 0.1) is 6.61 Å². The molecular weight excluding hydrogens is 242 g/mol. The first-order chi connectivity index (χ1) is 8.63. The summed E-state index contributed by atoms with van der Waals surface area (Å²) in [6.07, 6.45) is 1.78. The predicted octanol–water partition coefficient (Wildman–Crippen LogP) is 2.96. The third-order valence-corrected chi connectivity index (χ3v) is 3.61. The second kappa shape index (κ2) is 8.31. The smallest absolute Gasteiger partial charge is 0.0540 e. The maximum atomic E-state index is 8.72. The molecule has 0 bridgehead atoms. The van der Waals surface area contributed by atoms with Crippen molar-refractivity contribution in [3.8, 4) is 11.8 Å². The second-order valence-corrected chi connectivity index (χ2v) is 5.95. The number of aliphatic hydroxyl groups is 1. The number of thiophene rings is 1. The van der Waals surface area contributed by atoms with Crippen LogP contribution in [0.2, 0.25) is 0 Å². The first-order valence-electron chi connectivity index (χ1n) is 6.48. The third-order valence-electron chi connectivity index (χ3n) is 2.71. The van der Waals surface area contributed by atoms with Crippen molar-refractivity contribution in [3.63, 3.8) is 0 Å². The van der Waals surface area contributed by atoms with Gasteiger partial charge in [-0.05, 0) is 37.4 Å². The standard InChI is InChI=1S/C15H23NOS/c1-13(2)7-9-16(3)12-15-14(8-11-18-15)6-4-5-10-17/h8,11,13,17H,5,7,9-10,12H2,1-3H3. The summed E-state index contributed by atoms with van der Waals surface area (Å²) in [6.45, 7) is 6.74. The molecular formula is C15H23NOS. The van der Waals surface area contributed by atoms with Gasteiger partial charge >= 0.3 is 0 Å². The first-order valence-corrected chi connectivity index (χ1v) is 7.36. The fourth-order valence-corrected chi connectivity index (χ4v) is 2.50. The van der Waals surface area contributed by atoms with Crippen molar-refractivity contribution < 1.29 is 5.11 Å². The van der Waals surface area contributed by atoms with Gasteiger partial charge in [-0.25, -0.2) is 0 Å². The van der Waals surface area contributed by atoms with Crippen molar-refractivity contribution in [1.29, 1.82) is 0 Å². The Balaban J connectivity index is 2.52. The summed E-state index contributed by atoms with van der Waals surface area (Å²) in [5.41, 5.74) is 1.12. The van der Waals surface area contributed by atoms with E-state index in [9.17, 15) is 0 Å². The minimum absolute atomic E-state index is 0.140. The first kappa shape index (κ1) is 15.2. The van der Waals surface area contributed by atoms with E-state index in [0.717, 1.165) is 24.6 Å². The molecule has 0 radical (unpaired) electrons. The van der Waals surface area contributed by atoms with Crippen molar-refractivity contribution in [1.82, 2.24) is 4.90 Å². The normalized spacial score (nSPS) is 10.8. The lowest BCUT2D eigenvalue weighted by molar-refractivity contribution is 0.305. The van der Waals surface area contributed by atoms with Crippen molar-refractivity contribution in [2.45, 2.75) is 33.2 Å². The van der Waals surface area contributed by atoms with Gasteiger partial charge in [0, 0.05) is 23.4 Å². The van der Waals surface area contributed by atoms with Crippen LogP contribution in [0.15, 0.2) is 11.4 Å². The zero-order valence-electron chi connectivity index (χ0n) is 11.6. The molecule has 1 aromatic heterocycles. The Morgan fingerprint density at radius 3 is 2.89 bits per heavy atom. The summed E-state index contributed by atoms with van der Waals surface area (Å²) in [4.78, 5) is 3.68. The maximum Gasteiger partial charge on any atom is 0.0540 e. The molecule has 1 rings (SSSR count). The summed E-state index contributed by atoms with van der Waals surface area (Å²) in [5, 5.41) is 10.8. The van der Waals surface area contributed by atoms with Crippen molar-refractivity contribution >= 4 is 11.3 Å². The Bertz CT molecular complexity index is 400. The van der Waals surface area contributed by atoms with Crippen LogP contribution < -0.4 is 0 Å². The highest BCUT2D eigenvalue weighted by Gasteiger charge is 2.06. The van der Waals surface area contributed by atoms with Crippen LogP contribution in [0.3, 0.4) is 0 Å². The largest absolute Gasteiger partial charge is 0.395 e. The fourth-order valence-electron chi connectivity index (χ4n) is 1.59. The van der Waals surface area contributed by atoms with Gasteiger partial charge in [0.2, 0.25) is 0 Å². The molecule has 2 nitrogen and oxygen atoms in total. The third kappa shape index (κ3) is 5.68. The Hall–Kier alpha value is -0.820. The number of rotatable bonds is 6. The van der Waals surface area contributed by atoms with E-state index < -0.39 is 0 Å². The topological polar surface area (TPSA) is 23.5 Å². The molecule has 0 atom stereocenters. The molecule has 0 aliphatic heterocycles. The van der Waals surface area contributed by atoms with E-state index in [1.54, 1.807) is 11.3 Å². The zero-order chi connectivity index (χ0) is 13.4. The Morgan fingerprint density at radius 2 is 2.22 bits per heavy atom. The van der Waals surface area contributed by atoms with Gasteiger partial charge in [-0.3, -0.25) is 0 Å². The van der Waals surface area contributed by atoms with Gasteiger partial charge in [0.25, 0.3) is 0 Å². The Kier molecular flexibility index (Phi) is 7.04. The predicted molar refractivity (Wildman–Crippen MR) is 78.7 cm³/mol. The minimum atomic E-state index is 0.140. The zero-order valence-corrected chi connectivity index (χ0v) is 12.4. The molecule has 0 aliphatic rings. The molecule has 3 heteroatoms. The van der Waals surface area contributed by atoms with Crippen LogP contribution in [0.1, 0.15) is 37.1 Å². The molecule has 0 unspecified atom stereocenters. The molecule has 0 aliphatic carbocycles. The van der Waals surface area contributed by atoms with Gasteiger partial charge < -0.3 is 10.0 Å². The summed E-state index contributed by atoms with van der Waals surface area (Å²) in [7, 11) is 2.16. The molecule has 1 aromatic rings. The van der Waals surface area contributed by atoms with Gasteiger partial charge in [-0.15, -0.1) is 11.3 Å². The van der Waals surface area contributed by atoms with E-state index in [4.69, 9.17) is 5.11 Å². The van der Waals surface area contributed by atoms with Crippen molar-refractivity contribution in [3.05, 3.63) is 21.9 Å². The summed E-state index contributed by atoms with van der Waals surface area (Å²) in [6, 6.07) is 2.07. The summed E-state index contributed by atoms with van der Waals surface area (Å²) >= 11 is 1.76. The summed E-state index contributed by atoms with van der Waals surface area (Å²) in [5.74, 6) is 6.88.